The number of rotatable bonds is 5. The van der Waals surface area contributed by atoms with Crippen molar-refractivity contribution in [3.8, 4) is 0 Å². The fourth-order valence-electron chi connectivity index (χ4n) is 2.84. The van der Waals surface area contributed by atoms with Gasteiger partial charge in [-0.3, -0.25) is 9.59 Å². The Morgan fingerprint density at radius 3 is 1.62 bits per heavy atom. The van der Waals surface area contributed by atoms with Crippen molar-refractivity contribution >= 4 is 31.5 Å². The topological polar surface area (TPSA) is 65.1 Å². The lowest BCUT2D eigenvalue weighted by molar-refractivity contribution is 0.0926. The first-order valence-corrected chi connectivity index (χ1v) is 9.04. The highest BCUT2D eigenvalue weighted by Crippen LogP contribution is 2.27. The molecule has 2 aromatic carbocycles. The Balaban J connectivity index is 1.96. The number of imide groups is 1. The van der Waals surface area contributed by atoms with E-state index in [0.717, 1.165) is 5.19 Å². The molecule has 124 valence electrons. The normalized spacial score (nSPS) is 14.2. The molecule has 1 heterocycles. The van der Waals surface area contributed by atoms with Crippen LogP contribution in [0.5, 0.6) is 0 Å². The van der Waals surface area contributed by atoms with Crippen molar-refractivity contribution in [3.05, 3.63) is 59.7 Å². The maximum absolute atomic E-state index is 12.5. The molecule has 0 aromatic heterocycles. The first-order valence-electron chi connectivity index (χ1n) is 7.31. The second-order valence-corrected chi connectivity index (χ2v) is 8.12. The first kappa shape index (κ1) is 16.5. The average molecular weight is 343 g/mol. The van der Waals surface area contributed by atoms with E-state index >= 15 is 0 Å². The third-order valence-corrected chi connectivity index (χ3v) is 6.73. The molecular formula is C17H17NO5Si. The standard InChI is InChI=1S/C17H17NO5Si/c1-21-24(22-2,23-3)13-10-8-12(9-11-13)18-16(19)14-6-4-5-7-15(14)17(18)20/h4-11H,1-3H3. The van der Waals surface area contributed by atoms with Crippen LogP contribution < -0.4 is 10.1 Å². The van der Waals surface area contributed by atoms with Crippen molar-refractivity contribution in [2.75, 3.05) is 26.2 Å². The maximum Gasteiger partial charge on any atom is 0.536 e. The zero-order chi connectivity index (χ0) is 17.3. The van der Waals surface area contributed by atoms with Crippen LogP contribution in [0, 0.1) is 0 Å². The van der Waals surface area contributed by atoms with Crippen molar-refractivity contribution in [1.82, 2.24) is 0 Å². The van der Waals surface area contributed by atoms with Crippen LogP contribution in [0.25, 0.3) is 0 Å². The van der Waals surface area contributed by atoms with Gasteiger partial charge in [0.1, 0.15) is 0 Å². The summed E-state index contributed by atoms with van der Waals surface area (Å²) in [4.78, 5) is 26.2. The largest absolute Gasteiger partial charge is 0.536 e. The molecule has 0 saturated heterocycles. The van der Waals surface area contributed by atoms with Crippen molar-refractivity contribution < 1.29 is 22.9 Å². The number of fused-ring (bicyclic) bond motifs is 1. The Labute approximate surface area is 140 Å². The zero-order valence-corrected chi connectivity index (χ0v) is 14.6. The van der Waals surface area contributed by atoms with E-state index in [-0.39, 0.29) is 11.8 Å². The van der Waals surface area contributed by atoms with Crippen molar-refractivity contribution in [2.45, 2.75) is 0 Å². The minimum atomic E-state index is -2.94. The minimum absolute atomic E-state index is 0.322. The van der Waals surface area contributed by atoms with E-state index in [1.165, 1.54) is 26.2 Å². The minimum Gasteiger partial charge on any atom is -0.373 e. The monoisotopic (exact) mass is 343 g/mol. The van der Waals surface area contributed by atoms with Gasteiger partial charge in [0, 0.05) is 26.5 Å². The van der Waals surface area contributed by atoms with Crippen LogP contribution in [0.3, 0.4) is 0 Å². The van der Waals surface area contributed by atoms with Gasteiger partial charge in [-0.2, -0.15) is 0 Å². The van der Waals surface area contributed by atoms with E-state index in [2.05, 4.69) is 0 Å². The summed E-state index contributed by atoms with van der Waals surface area (Å²) in [5.41, 5.74) is 1.33. The van der Waals surface area contributed by atoms with Crippen molar-refractivity contribution in [3.63, 3.8) is 0 Å². The lowest BCUT2D eigenvalue weighted by Crippen LogP contribution is -2.54. The molecule has 24 heavy (non-hydrogen) atoms. The van der Waals surface area contributed by atoms with Crippen LogP contribution in [-0.4, -0.2) is 41.9 Å². The van der Waals surface area contributed by atoms with Gasteiger partial charge in [0.2, 0.25) is 0 Å². The second-order valence-electron chi connectivity index (χ2n) is 5.21. The summed E-state index contributed by atoms with van der Waals surface area (Å²) in [6.45, 7) is 0. The van der Waals surface area contributed by atoms with Gasteiger partial charge in [-0.1, -0.05) is 24.3 Å². The van der Waals surface area contributed by atoms with Crippen LogP contribution in [0.1, 0.15) is 20.7 Å². The second kappa shape index (κ2) is 6.29. The predicted molar refractivity (Wildman–Crippen MR) is 90.4 cm³/mol. The highest BCUT2D eigenvalue weighted by Gasteiger charge is 2.41. The molecule has 3 rings (SSSR count). The Morgan fingerprint density at radius 1 is 0.750 bits per heavy atom. The molecule has 0 spiro atoms. The maximum atomic E-state index is 12.5. The fraction of sp³-hybridized carbons (Fsp3) is 0.176. The molecule has 0 N–H and O–H groups in total. The van der Waals surface area contributed by atoms with E-state index in [9.17, 15) is 9.59 Å². The Morgan fingerprint density at radius 2 is 1.21 bits per heavy atom. The van der Waals surface area contributed by atoms with Gasteiger partial charge in [0.05, 0.1) is 16.8 Å². The predicted octanol–water partition coefficient (Wildman–Crippen LogP) is 1.57. The molecule has 2 aromatic rings. The molecule has 0 aliphatic carbocycles. The number of hydrogen-bond acceptors (Lipinski definition) is 5. The summed E-state index contributed by atoms with van der Waals surface area (Å²) in [7, 11) is 1.63. The average Bonchev–Trinajstić information content (AvgIpc) is 2.89. The first-order chi connectivity index (χ1) is 11.6. The summed E-state index contributed by atoms with van der Waals surface area (Å²) >= 11 is 0. The number of anilines is 1. The van der Waals surface area contributed by atoms with Gasteiger partial charge in [-0.05, 0) is 24.3 Å². The SMILES string of the molecule is CO[Si](OC)(OC)c1ccc(N2C(=O)c3ccccc3C2=O)cc1. The van der Waals surface area contributed by atoms with E-state index in [1.54, 1.807) is 48.5 Å². The molecular weight excluding hydrogens is 326 g/mol. The number of carbonyl (C=O) groups is 2. The molecule has 0 radical (unpaired) electrons. The van der Waals surface area contributed by atoms with E-state index < -0.39 is 8.80 Å². The number of amides is 2. The molecule has 7 heteroatoms. The Hall–Kier alpha value is -2.32. The van der Waals surface area contributed by atoms with E-state index in [1.807, 2.05) is 0 Å². The third-order valence-electron chi connectivity index (χ3n) is 4.08. The summed E-state index contributed by atoms with van der Waals surface area (Å²) in [6, 6.07) is 13.7. The lowest BCUT2D eigenvalue weighted by Gasteiger charge is -2.25. The molecule has 0 atom stereocenters. The molecule has 0 unspecified atom stereocenters. The van der Waals surface area contributed by atoms with Gasteiger partial charge in [0.15, 0.2) is 0 Å². The van der Waals surface area contributed by atoms with Crippen LogP contribution in [0.2, 0.25) is 0 Å². The highest BCUT2D eigenvalue weighted by atomic mass is 28.4. The molecule has 0 saturated carbocycles. The fourth-order valence-corrected chi connectivity index (χ4v) is 4.62. The third kappa shape index (κ3) is 2.38. The highest BCUT2D eigenvalue weighted by molar-refractivity contribution is 6.75. The number of hydrogen-bond donors (Lipinski definition) is 0. The lowest BCUT2D eigenvalue weighted by atomic mass is 10.1. The smallest absolute Gasteiger partial charge is 0.373 e. The molecule has 0 fully saturated rings. The summed E-state index contributed by atoms with van der Waals surface area (Å²) in [5, 5.41) is 0.746. The van der Waals surface area contributed by atoms with E-state index in [4.69, 9.17) is 13.3 Å². The molecule has 1 aliphatic heterocycles. The van der Waals surface area contributed by atoms with E-state index in [0.29, 0.717) is 16.8 Å². The van der Waals surface area contributed by atoms with Crippen LogP contribution in [0.4, 0.5) is 5.69 Å². The van der Waals surface area contributed by atoms with Crippen LogP contribution >= 0.6 is 0 Å². The van der Waals surface area contributed by atoms with Crippen LogP contribution in [-0.2, 0) is 13.3 Å². The van der Waals surface area contributed by atoms with Crippen LogP contribution in [0.15, 0.2) is 48.5 Å². The Kier molecular flexibility index (Phi) is 4.33. The summed E-state index contributed by atoms with van der Waals surface area (Å²) in [5.74, 6) is -0.644. The Bertz CT molecular complexity index is 743. The molecule has 2 amide bonds. The van der Waals surface area contributed by atoms with Gasteiger partial charge in [-0.15, -0.1) is 0 Å². The molecule has 1 aliphatic rings. The van der Waals surface area contributed by atoms with Crippen molar-refractivity contribution in [2.24, 2.45) is 0 Å². The number of benzene rings is 2. The quantitative estimate of drug-likeness (QED) is 0.609. The van der Waals surface area contributed by atoms with Gasteiger partial charge in [-0.25, -0.2) is 4.90 Å². The van der Waals surface area contributed by atoms with Gasteiger partial charge >= 0.3 is 8.80 Å². The summed E-state index contributed by atoms with van der Waals surface area (Å²) < 4.78 is 16.3. The van der Waals surface area contributed by atoms with Gasteiger partial charge < -0.3 is 13.3 Å². The molecule has 0 bridgehead atoms. The number of carbonyl (C=O) groups excluding carboxylic acids is 2. The van der Waals surface area contributed by atoms with Crippen molar-refractivity contribution in [1.29, 1.82) is 0 Å². The molecule has 6 nitrogen and oxygen atoms in total. The number of nitrogens with zero attached hydrogens (tertiary/aromatic N) is 1. The van der Waals surface area contributed by atoms with Gasteiger partial charge in [0.25, 0.3) is 11.8 Å². The zero-order valence-electron chi connectivity index (χ0n) is 13.6. The summed E-state index contributed by atoms with van der Waals surface area (Å²) in [6.07, 6.45) is 0.